The standard InChI is InChI=1S/C17H22O/c1-2-3-4-5-6-10-13-17(18)15-14-16-11-8-7-9-12-16/h1,7-9,11-12H,3-6,10,13-15H2. The van der Waals surface area contributed by atoms with Crippen LogP contribution >= 0.6 is 0 Å². The molecule has 0 bridgehead atoms. The maximum atomic E-state index is 11.7. The Balaban J connectivity index is 2.03. The highest BCUT2D eigenvalue weighted by molar-refractivity contribution is 5.78. The molecule has 0 heterocycles. The van der Waals surface area contributed by atoms with Gasteiger partial charge >= 0.3 is 0 Å². The fourth-order valence-electron chi connectivity index (χ4n) is 1.96. The molecule has 96 valence electrons. The third kappa shape index (κ3) is 6.91. The van der Waals surface area contributed by atoms with Crippen molar-refractivity contribution in [3.8, 4) is 12.3 Å². The van der Waals surface area contributed by atoms with Gasteiger partial charge in [0.25, 0.3) is 0 Å². The van der Waals surface area contributed by atoms with Gasteiger partial charge in [-0.1, -0.05) is 43.2 Å². The number of aryl methyl sites for hydroxylation is 1. The van der Waals surface area contributed by atoms with E-state index in [0.717, 1.165) is 44.9 Å². The van der Waals surface area contributed by atoms with Gasteiger partial charge in [0, 0.05) is 19.3 Å². The molecule has 0 aliphatic rings. The van der Waals surface area contributed by atoms with Gasteiger partial charge in [0.1, 0.15) is 5.78 Å². The minimum Gasteiger partial charge on any atom is -0.300 e. The third-order valence-electron chi connectivity index (χ3n) is 3.06. The molecule has 1 nitrogen and oxygen atoms in total. The summed E-state index contributed by atoms with van der Waals surface area (Å²) >= 11 is 0. The lowest BCUT2D eigenvalue weighted by molar-refractivity contribution is -0.119. The Morgan fingerprint density at radius 1 is 1.00 bits per heavy atom. The molecule has 0 saturated carbocycles. The lowest BCUT2D eigenvalue weighted by atomic mass is 10.0. The molecule has 0 amide bonds. The third-order valence-corrected chi connectivity index (χ3v) is 3.06. The highest BCUT2D eigenvalue weighted by atomic mass is 16.1. The van der Waals surface area contributed by atoms with Gasteiger partial charge in [0.2, 0.25) is 0 Å². The molecular formula is C17H22O. The number of benzene rings is 1. The van der Waals surface area contributed by atoms with Crippen molar-refractivity contribution < 1.29 is 4.79 Å². The molecule has 0 aliphatic heterocycles. The number of hydrogen-bond acceptors (Lipinski definition) is 1. The number of ketones is 1. The Bertz CT molecular complexity index is 372. The molecule has 0 spiro atoms. The largest absolute Gasteiger partial charge is 0.300 e. The zero-order valence-electron chi connectivity index (χ0n) is 11.0. The lowest BCUT2D eigenvalue weighted by Gasteiger charge is -2.02. The molecule has 18 heavy (non-hydrogen) atoms. The number of Topliss-reactive ketones (excluding diaryl/α,β-unsaturated/α-hetero) is 1. The van der Waals surface area contributed by atoms with E-state index in [1.807, 2.05) is 18.2 Å². The van der Waals surface area contributed by atoms with Crippen LogP contribution in [0.5, 0.6) is 0 Å². The summed E-state index contributed by atoms with van der Waals surface area (Å²) in [5.41, 5.74) is 1.25. The highest BCUT2D eigenvalue weighted by Gasteiger charge is 2.02. The quantitative estimate of drug-likeness (QED) is 0.469. The summed E-state index contributed by atoms with van der Waals surface area (Å²) in [7, 11) is 0. The van der Waals surface area contributed by atoms with Crippen molar-refractivity contribution in [2.75, 3.05) is 0 Å². The molecule has 1 aromatic carbocycles. The van der Waals surface area contributed by atoms with Gasteiger partial charge in [-0.2, -0.15) is 0 Å². The van der Waals surface area contributed by atoms with Crippen LogP contribution < -0.4 is 0 Å². The minimum atomic E-state index is 0.385. The molecule has 1 rings (SSSR count). The average Bonchev–Trinajstić information content (AvgIpc) is 2.41. The predicted octanol–water partition coefficient (Wildman–Crippen LogP) is 4.16. The summed E-state index contributed by atoms with van der Waals surface area (Å²) in [6, 6.07) is 10.2. The zero-order valence-corrected chi connectivity index (χ0v) is 11.0. The van der Waals surface area contributed by atoms with E-state index in [9.17, 15) is 4.79 Å². The SMILES string of the molecule is C#CCCCCCCC(=O)CCc1ccccc1. The first-order chi connectivity index (χ1) is 8.83. The summed E-state index contributed by atoms with van der Waals surface area (Å²) in [5, 5.41) is 0. The smallest absolute Gasteiger partial charge is 0.133 e. The van der Waals surface area contributed by atoms with Crippen LogP contribution in [0.3, 0.4) is 0 Å². The Hall–Kier alpha value is -1.55. The van der Waals surface area contributed by atoms with Crippen molar-refractivity contribution >= 4 is 5.78 Å². The number of terminal acetylenes is 1. The van der Waals surface area contributed by atoms with Crippen LogP contribution in [0.4, 0.5) is 0 Å². The van der Waals surface area contributed by atoms with Gasteiger partial charge in [-0.15, -0.1) is 12.3 Å². The second-order valence-electron chi connectivity index (χ2n) is 4.64. The molecule has 0 aromatic heterocycles. The van der Waals surface area contributed by atoms with Crippen molar-refractivity contribution in [1.29, 1.82) is 0 Å². The molecule has 0 saturated heterocycles. The minimum absolute atomic E-state index is 0.385. The van der Waals surface area contributed by atoms with E-state index in [4.69, 9.17) is 6.42 Å². The van der Waals surface area contributed by atoms with Crippen molar-refractivity contribution in [2.24, 2.45) is 0 Å². The average molecular weight is 242 g/mol. The normalized spacial score (nSPS) is 9.94. The van der Waals surface area contributed by atoms with Crippen molar-refractivity contribution in [3.05, 3.63) is 35.9 Å². The summed E-state index contributed by atoms with van der Waals surface area (Å²) in [4.78, 5) is 11.7. The topological polar surface area (TPSA) is 17.1 Å². The molecule has 0 aliphatic carbocycles. The summed E-state index contributed by atoms with van der Waals surface area (Å²) in [6.45, 7) is 0. The summed E-state index contributed by atoms with van der Waals surface area (Å²) in [6.07, 6.45) is 12.7. The number of carbonyl (C=O) groups is 1. The molecule has 0 atom stereocenters. The first-order valence-electron chi connectivity index (χ1n) is 6.82. The van der Waals surface area contributed by atoms with E-state index in [2.05, 4.69) is 18.1 Å². The van der Waals surface area contributed by atoms with E-state index < -0.39 is 0 Å². The molecular weight excluding hydrogens is 220 g/mol. The van der Waals surface area contributed by atoms with Gasteiger partial charge < -0.3 is 0 Å². The molecule has 0 fully saturated rings. The lowest BCUT2D eigenvalue weighted by Crippen LogP contribution is -2.00. The zero-order chi connectivity index (χ0) is 13.1. The van der Waals surface area contributed by atoms with Gasteiger partial charge in [-0.3, -0.25) is 4.79 Å². The van der Waals surface area contributed by atoms with Crippen LogP contribution in [0.25, 0.3) is 0 Å². The van der Waals surface area contributed by atoms with Crippen LogP contribution in [-0.4, -0.2) is 5.78 Å². The molecule has 0 unspecified atom stereocenters. The van der Waals surface area contributed by atoms with Gasteiger partial charge in [-0.25, -0.2) is 0 Å². The Morgan fingerprint density at radius 2 is 1.72 bits per heavy atom. The van der Waals surface area contributed by atoms with Crippen molar-refractivity contribution in [1.82, 2.24) is 0 Å². The van der Waals surface area contributed by atoms with Crippen LogP contribution in [0.1, 0.15) is 50.5 Å². The summed E-state index contributed by atoms with van der Waals surface area (Å²) < 4.78 is 0. The number of rotatable bonds is 9. The number of carbonyl (C=O) groups excluding carboxylic acids is 1. The highest BCUT2D eigenvalue weighted by Crippen LogP contribution is 2.08. The van der Waals surface area contributed by atoms with Crippen LogP contribution in [-0.2, 0) is 11.2 Å². The van der Waals surface area contributed by atoms with Gasteiger partial charge in [0.15, 0.2) is 0 Å². The van der Waals surface area contributed by atoms with Crippen molar-refractivity contribution in [3.63, 3.8) is 0 Å². The van der Waals surface area contributed by atoms with E-state index in [1.54, 1.807) is 0 Å². The Morgan fingerprint density at radius 3 is 2.44 bits per heavy atom. The molecule has 1 heteroatoms. The Labute approximate surface area is 111 Å². The van der Waals surface area contributed by atoms with E-state index in [-0.39, 0.29) is 0 Å². The van der Waals surface area contributed by atoms with Crippen LogP contribution in [0.2, 0.25) is 0 Å². The van der Waals surface area contributed by atoms with E-state index in [1.165, 1.54) is 5.56 Å². The molecule has 1 aromatic rings. The van der Waals surface area contributed by atoms with Gasteiger partial charge in [-0.05, 0) is 24.8 Å². The van der Waals surface area contributed by atoms with Crippen LogP contribution in [0.15, 0.2) is 30.3 Å². The second-order valence-corrected chi connectivity index (χ2v) is 4.64. The fraction of sp³-hybridized carbons (Fsp3) is 0.471. The summed E-state index contributed by atoms with van der Waals surface area (Å²) in [5.74, 6) is 3.02. The number of hydrogen-bond donors (Lipinski definition) is 0. The fourth-order valence-corrected chi connectivity index (χ4v) is 1.96. The molecule has 0 N–H and O–H groups in total. The predicted molar refractivity (Wildman–Crippen MR) is 76.3 cm³/mol. The second kappa shape index (κ2) is 9.48. The van der Waals surface area contributed by atoms with Crippen LogP contribution in [0, 0.1) is 12.3 Å². The maximum absolute atomic E-state index is 11.7. The Kier molecular flexibility index (Phi) is 7.64. The van der Waals surface area contributed by atoms with E-state index >= 15 is 0 Å². The first kappa shape index (κ1) is 14.5. The molecule has 0 radical (unpaired) electrons. The maximum Gasteiger partial charge on any atom is 0.133 e. The van der Waals surface area contributed by atoms with E-state index in [0.29, 0.717) is 12.2 Å². The van der Waals surface area contributed by atoms with Gasteiger partial charge in [0.05, 0.1) is 0 Å². The van der Waals surface area contributed by atoms with Crippen molar-refractivity contribution in [2.45, 2.75) is 51.4 Å². The first-order valence-corrected chi connectivity index (χ1v) is 6.82. The monoisotopic (exact) mass is 242 g/mol. The number of unbranched alkanes of at least 4 members (excludes halogenated alkanes) is 4.